The fraction of sp³-hybridized carbons (Fsp3) is 0.600. The summed E-state index contributed by atoms with van der Waals surface area (Å²) in [6, 6.07) is 6.01. The van der Waals surface area contributed by atoms with Gasteiger partial charge in [0.15, 0.2) is 11.5 Å². The van der Waals surface area contributed by atoms with Crippen LogP contribution in [0.1, 0.15) is 57.9 Å². The van der Waals surface area contributed by atoms with E-state index in [1.807, 2.05) is 18.2 Å². The average Bonchev–Trinajstić information content (AvgIpc) is 3.07. The third-order valence-corrected chi connectivity index (χ3v) is 5.86. The van der Waals surface area contributed by atoms with Gasteiger partial charge < -0.3 is 14.0 Å². The van der Waals surface area contributed by atoms with E-state index in [9.17, 15) is 4.55 Å². The first-order valence-corrected chi connectivity index (χ1v) is 10.3. The van der Waals surface area contributed by atoms with E-state index >= 15 is 0 Å². The molecule has 2 atom stereocenters. The molecule has 0 N–H and O–H groups in total. The molecule has 1 aromatic rings. The topological polar surface area (TPSA) is 41.5 Å². The van der Waals surface area contributed by atoms with Crippen LogP contribution in [-0.2, 0) is 17.6 Å². The van der Waals surface area contributed by atoms with Gasteiger partial charge in [0.1, 0.15) is 11.0 Å². The van der Waals surface area contributed by atoms with Crippen LogP contribution in [0.3, 0.4) is 0 Å². The molecule has 0 saturated carbocycles. The lowest BCUT2D eigenvalue weighted by Gasteiger charge is -2.18. The Balaban J connectivity index is 0.00000139. The molecule has 2 rings (SSSR count). The molecule has 0 aliphatic carbocycles. The zero-order valence-corrected chi connectivity index (χ0v) is 16.0. The van der Waals surface area contributed by atoms with Gasteiger partial charge in [-0.3, -0.25) is 0 Å². The summed E-state index contributed by atoms with van der Waals surface area (Å²) in [5.41, 5.74) is 1.17. The molecule has 24 heavy (non-hydrogen) atoms. The first-order valence-electron chi connectivity index (χ1n) is 8.96. The van der Waals surface area contributed by atoms with Crippen molar-refractivity contribution in [3.63, 3.8) is 0 Å². The summed E-state index contributed by atoms with van der Waals surface area (Å²) in [7, 11) is 0. The predicted molar refractivity (Wildman–Crippen MR) is 103 cm³/mol. The summed E-state index contributed by atoms with van der Waals surface area (Å²) in [5, 5.41) is 0.191. The van der Waals surface area contributed by atoms with Crippen molar-refractivity contribution in [1.82, 2.24) is 0 Å². The summed E-state index contributed by atoms with van der Waals surface area (Å²) < 4.78 is 23.0. The smallest absolute Gasteiger partial charge is 0.231 e. The van der Waals surface area contributed by atoms with Gasteiger partial charge in [-0.25, -0.2) is 0 Å². The highest BCUT2D eigenvalue weighted by molar-refractivity contribution is 7.91. The van der Waals surface area contributed by atoms with Crippen molar-refractivity contribution in [2.75, 3.05) is 12.5 Å². The lowest BCUT2D eigenvalue weighted by Crippen LogP contribution is -2.23. The van der Waals surface area contributed by atoms with Crippen LogP contribution in [0.15, 0.2) is 31.4 Å². The van der Waals surface area contributed by atoms with E-state index in [1.54, 1.807) is 0 Å². The maximum absolute atomic E-state index is 12.3. The van der Waals surface area contributed by atoms with Gasteiger partial charge in [0.25, 0.3) is 0 Å². The zero-order chi connectivity index (χ0) is 17.8. The van der Waals surface area contributed by atoms with Crippen LogP contribution in [0.5, 0.6) is 11.5 Å². The summed E-state index contributed by atoms with van der Waals surface area (Å²) in [4.78, 5) is 0. The summed E-state index contributed by atoms with van der Waals surface area (Å²) in [6.45, 7) is 10.6. The molecule has 1 aliphatic heterocycles. The van der Waals surface area contributed by atoms with Gasteiger partial charge in [-0.15, -0.1) is 13.2 Å². The van der Waals surface area contributed by atoms with Crippen molar-refractivity contribution in [2.45, 2.75) is 64.0 Å². The van der Waals surface area contributed by atoms with Gasteiger partial charge in [-0.1, -0.05) is 49.8 Å². The fourth-order valence-corrected chi connectivity index (χ4v) is 3.99. The average molecular weight is 353 g/mol. The van der Waals surface area contributed by atoms with E-state index in [0.29, 0.717) is 6.79 Å². The minimum atomic E-state index is -0.743. The standard InChI is InChI=1S/C18H28O3S.C2H4/c1-3-4-5-6-7-8-11-22(19)15(2)12-16-9-10-17-18(13-16)21-14-20-17;1-2/h9-10,13,15H,3-8,11-12,14H2,1-2H3;1-2H2. The fourth-order valence-electron chi connectivity index (χ4n) is 2.72. The Kier molecular flexibility index (Phi) is 10.7. The Bertz CT molecular complexity index is 464. The molecule has 0 saturated heterocycles. The number of hydrogen-bond acceptors (Lipinski definition) is 3. The van der Waals surface area contributed by atoms with Crippen molar-refractivity contribution in [3.05, 3.63) is 36.9 Å². The Morgan fingerprint density at radius 3 is 2.50 bits per heavy atom. The largest absolute Gasteiger partial charge is 0.616 e. The first-order chi connectivity index (χ1) is 11.7. The zero-order valence-electron chi connectivity index (χ0n) is 15.2. The van der Waals surface area contributed by atoms with Crippen LogP contribution in [0, 0.1) is 0 Å². The number of ether oxygens (including phenoxy) is 2. The second-order valence-corrected chi connectivity index (χ2v) is 8.03. The minimum absolute atomic E-state index is 0.191. The Labute approximate surface area is 150 Å². The van der Waals surface area contributed by atoms with Gasteiger partial charge in [0, 0.05) is 6.42 Å². The molecule has 1 aliphatic rings. The molecule has 0 bridgehead atoms. The molecule has 3 nitrogen and oxygen atoms in total. The molecule has 0 amide bonds. The SMILES string of the molecule is C=C.CCCCCCCC[S+]([O-])C(C)Cc1ccc2c(c1)OCO2. The van der Waals surface area contributed by atoms with E-state index in [4.69, 9.17) is 9.47 Å². The van der Waals surface area contributed by atoms with Gasteiger partial charge in [0.2, 0.25) is 6.79 Å². The monoisotopic (exact) mass is 352 g/mol. The van der Waals surface area contributed by atoms with E-state index in [1.165, 1.54) is 37.7 Å². The third kappa shape index (κ3) is 7.18. The molecule has 0 spiro atoms. The van der Waals surface area contributed by atoms with Crippen LogP contribution in [0.25, 0.3) is 0 Å². The van der Waals surface area contributed by atoms with E-state index in [2.05, 4.69) is 27.0 Å². The maximum Gasteiger partial charge on any atom is 0.231 e. The van der Waals surface area contributed by atoms with E-state index < -0.39 is 11.2 Å². The van der Waals surface area contributed by atoms with Crippen LogP contribution in [0.4, 0.5) is 0 Å². The lowest BCUT2D eigenvalue weighted by atomic mass is 10.1. The maximum atomic E-state index is 12.3. The minimum Gasteiger partial charge on any atom is -0.616 e. The van der Waals surface area contributed by atoms with Crippen LogP contribution >= 0.6 is 0 Å². The molecular formula is C20H32O3S. The Morgan fingerprint density at radius 1 is 1.08 bits per heavy atom. The Hall–Kier alpha value is -1.13. The van der Waals surface area contributed by atoms with Crippen LogP contribution in [0.2, 0.25) is 0 Å². The molecule has 1 heterocycles. The third-order valence-electron chi connectivity index (χ3n) is 4.11. The molecule has 2 unspecified atom stereocenters. The molecule has 1 aromatic carbocycles. The second kappa shape index (κ2) is 12.3. The van der Waals surface area contributed by atoms with Gasteiger partial charge in [-0.05, 0) is 37.5 Å². The molecule has 0 fully saturated rings. The van der Waals surface area contributed by atoms with Gasteiger partial charge >= 0.3 is 0 Å². The van der Waals surface area contributed by atoms with Crippen molar-refractivity contribution in [2.24, 2.45) is 0 Å². The summed E-state index contributed by atoms with van der Waals surface area (Å²) >= 11 is -0.743. The van der Waals surface area contributed by atoms with E-state index in [0.717, 1.165) is 30.1 Å². The number of rotatable bonds is 10. The number of unbranched alkanes of at least 4 members (excludes halogenated alkanes) is 5. The van der Waals surface area contributed by atoms with E-state index in [-0.39, 0.29) is 5.25 Å². The van der Waals surface area contributed by atoms with Crippen molar-refractivity contribution >= 4 is 11.2 Å². The number of hydrogen-bond donors (Lipinski definition) is 0. The van der Waals surface area contributed by atoms with Gasteiger partial charge in [0.05, 0.1) is 0 Å². The van der Waals surface area contributed by atoms with Crippen molar-refractivity contribution in [3.8, 4) is 11.5 Å². The highest BCUT2D eigenvalue weighted by Gasteiger charge is 2.19. The van der Waals surface area contributed by atoms with Crippen molar-refractivity contribution in [1.29, 1.82) is 0 Å². The first kappa shape index (κ1) is 20.9. The van der Waals surface area contributed by atoms with Gasteiger partial charge in [-0.2, -0.15) is 0 Å². The molecular weight excluding hydrogens is 320 g/mol. The van der Waals surface area contributed by atoms with Crippen LogP contribution in [-0.4, -0.2) is 22.3 Å². The summed E-state index contributed by atoms with van der Waals surface area (Å²) in [5.74, 6) is 2.45. The predicted octanol–water partition coefficient (Wildman–Crippen LogP) is 5.26. The van der Waals surface area contributed by atoms with Crippen molar-refractivity contribution < 1.29 is 14.0 Å². The molecule has 0 radical (unpaired) electrons. The summed E-state index contributed by atoms with van der Waals surface area (Å²) in [6.07, 6.45) is 8.32. The number of fused-ring (bicyclic) bond motifs is 1. The molecule has 4 heteroatoms. The second-order valence-electron chi connectivity index (χ2n) is 6.05. The van der Waals surface area contributed by atoms with Crippen LogP contribution < -0.4 is 9.47 Å². The normalized spacial score (nSPS) is 14.6. The quantitative estimate of drug-likeness (QED) is 0.328. The Morgan fingerprint density at radius 2 is 1.75 bits per heavy atom. The molecule has 136 valence electrons. The highest BCUT2D eigenvalue weighted by atomic mass is 32.2. The molecule has 0 aromatic heterocycles. The number of benzene rings is 1. The lowest BCUT2D eigenvalue weighted by molar-refractivity contribution is 0.174. The highest BCUT2D eigenvalue weighted by Crippen LogP contribution is 2.33.